The number of benzene rings is 1. The van der Waals surface area contributed by atoms with Gasteiger partial charge in [-0.05, 0) is 24.6 Å². The van der Waals surface area contributed by atoms with Crippen LogP contribution in [0.2, 0.25) is 0 Å². The van der Waals surface area contributed by atoms with Gasteiger partial charge in [-0.2, -0.15) is 5.10 Å². The Kier molecular flexibility index (Phi) is 4.69. The summed E-state index contributed by atoms with van der Waals surface area (Å²) in [7, 11) is 0. The van der Waals surface area contributed by atoms with Crippen LogP contribution in [-0.2, 0) is 11.3 Å². The summed E-state index contributed by atoms with van der Waals surface area (Å²) in [4.78, 5) is 26.3. The van der Waals surface area contributed by atoms with Crippen LogP contribution in [0.4, 0.5) is 16.0 Å². The van der Waals surface area contributed by atoms with Crippen molar-refractivity contribution in [3.05, 3.63) is 64.5 Å². The molecule has 1 aromatic carbocycles. The first-order valence-electron chi connectivity index (χ1n) is 7.55. The Balaban J connectivity index is 1.63. The maximum absolute atomic E-state index is 12.9. The average molecular weight is 359 g/mol. The van der Waals surface area contributed by atoms with Crippen molar-refractivity contribution in [1.82, 2.24) is 24.5 Å². The number of hydrogen-bond acceptors (Lipinski definition) is 6. The number of anilines is 1. The van der Waals surface area contributed by atoms with Crippen molar-refractivity contribution in [1.29, 1.82) is 0 Å². The summed E-state index contributed by atoms with van der Waals surface area (Å²) in [6, 6.07) is 5.16. The van der Waals surface area contributed by atoms with E-state index in [0.717, 1.165) is 11.8 Å². The summed E-state index contributed by atoms with van der Waals surface area (Å²) < 4.78 is 15.6. The van der Waals surface area contributed by atoms with Gasteiger partial charge in [-0.15, -0.1) is 5.10 Å². The van der Waals surface area contributed by atoms with E-state index in [-0.39, 0.29) is 17.5 Å². The molecule has 11 heteroatoms. The van der Waals surface area contributed by atoms with Crippen molar-refractivity contribution in [2.45, 2.75) is 19.5 Å². The number of halogens is 1. The van der Waals surface area contributed by atoms with Gasteiger partial charge >= 0.3 is 5.69 Å². The van der Waals surface area contributed by atoms with Crippen molar-refractivity contribution < 1.29 is 14.1 Å². The molecule has 1 amide bonds. The van der Waals surface area contributed by atoms with Gasteiger partial charge in [-0.25, -0.2) is 14.1 Å². The highest BCUT2D eigenvalue weighted by atomic mass is 19.1. The quantitative estimate of drug-likeness (QED) is 0.529. The monoisotopic (exact) mass is 359 g/mol. The van der Waals surface area contributed by atoms with Crippen LogP contribution in [0.3, 0.4) is 0 Å². The molecule has 0 saturated heterocycles. The van der Waals surface area contributed by atoms with Crippen LogP contribution in [-0.4, -0.2) is 35.4 Å². The molecule has 10 nitrogen and oxygen atoms in total. The van der Waals surface area contributed by atoms with Gasteiger partial charge in [0, 0.05) is 0 Å². The molecule has 0 radical (unpaired) electrons. The number of aromatic nitrogens is 5. The highest BCUT2D eigenvalue weighted by molar-refractivity contribution is 5.91. The molecule has 0 spiro atoms. The van der Waals surface area contributed by atoms with E-state index in [1.54, 1.807) is 19.1 Å². The summed E-state index contributed by atoms with van der Waals surface area (Å²) in [6.45, 7) is 1.91. The lowest BCUT2D eigenvalue weighted by Gasteiger charge is -2.10. The maximum Gasteiger partial charge on any atom is 0.307 e. The fourth-order valence-corrected chi connectivity index (χ4v) is 2.17. The standard InChI is InChI=1S/C15H14FN7O3/c1-10(22-8-13(6-18-22)23(25)26)14(24)19-15-17-9-21(20-15)7-11-2-4-12(16)5-3-11/h2-6,8-10H,7H2,1H3,(H,19,20,24). The molecule has 1 N–H and O–H groups in total. The lowest BCUT2D eigenvalue weighted by molar-refractivity contribution is -0.385. The summed E-state index contributed by atoms with van der Waals surface area (Å²) in [6.07, 6.45) is 3.67. The second kappa shape index (κ2) is 7.09. The molecule has 3 aromatic rings. The second-order valence-electron chi connectivity index (χ2n) is 5.49. The number of nitrogens with one attached hydrogen (secondary N) is 1. The molecular weight excluding hydrogens is 345 g/mol. The molecule has 2 heterocycles. The molecule has 2 aromatic heterocycles. The predicted molar refractivity (Wildman–Crippen MR) is 87.7 cm³/mol. The molecule has 1 atom stereocenters. The van der Waals surface area contributed by atoms with E-state index in [1.165, 1.54) is 34.0 Å². The summed E-state index contributed by atoms with van der Waals surface area (Å²) in [5.41, 5.74) is 0.623. The first-order chi connectivity index (χ1) is 12.4. The topological polar surface area (TPSA) is 121 Å². The van der Waals surface area contributed by atoms with E-state index >= 15 is 0 Å². The van der Waals surface area contributed by atoms with Crippen LogP contribution in [0.1, 0.15) is 18.5 Å². The molecule has 134 valence electrons. The van der Waals surface area contributed by atoms with Gasteiger partial charge < -0.3 is 0 Å². The van der Waals surface area contributed by atoms with Crippen molar-refractivity contribution >= 4 is 17.5 Å². The van der Waals surface area contributed by atoms with Crippen LogP contribution < -0.4 is 5.32 Å². The first-order valence-corrected chi connectivity index (χ1v) is 7.55. The predicted octanol–water partition coefficient (Wildman–Crippen LogP) is 1.77. The minimum atomic E-state index is -0.784. The molecular formula is C15H14FN7O3. The fraction of sp³-hybridized carbons (Fsp3) is 0.200. The molecule has 0 aliphatic carbocycles. The maximum atomic E-state index is 12.9. The van der Waals surface area contributed by atoms with Crippen molar-refractivity contribution in [3.63, 3.8) is 0 Å². The molecule has 0 saturated carbocycles. The van der Waals surface area contributed by atoms with Gasteiger partial charge in [-0.3, -0.25) is 24.9 Å². The Hall–Kier alpha value is -3.63. The Bertz CT molecular complexity index is 935. The third-order valence-electron chi connectivity index (χ3n) is 3.60. The third-order valence-corrected chi connectivity index (χ3v) is 3.60. The van der Waals surface area contributed by atoms with E-state index in [4.69, 9.17) is 0 Å². The lowest BCUT2D eigenvalue weighted by Crippen LogP contribution is -2.24. The van der Waals surface area contributed by atoms with Gasteiger partial charge in [0.15, 0.2) is 0 Å². The number of rotatable bonds is 6. The summed E-state index contributed by atoms with van der Waals surface area (Å²) >= 11 is 0. The molecule has 0 bridgehead atoms. The third kappa shape index (κ3) is 3.88. The Morgan fingerprint density at radius 3 is 2.77 bits per heavy atom. The normalized spacial score (nSPS) is 11.9. The Morgan fingerprint density at radius 2 is 2.12 bits per heavy atom. The van der Waals surface area contributed by atoms with E-state index in [1.807, 2.05) is 0 Å². The highest BCUT2D eigenvalue weighted by Crippen LogP contribution is 2.14. The molecule has 0 aliphatic rings. The largest absolute Gasteiger partial charge is 0.307 e. The van der Waals surface area contributed by atoms with Crippen molar-refractivity contribution in [2.24, 2.45) is 0 Å². The Morgan fingerprint density at radius 1 is 1.38 bits per heavy atom. The Labute approximate surface area is 146 Å². The van der Waals surface area contributed by atoms with Crippen LogP contribution in [0.5, 0.6) is 0 Å². The van der Waals surface area contributed by atoms with Gasteiger partial charge in [0.2, 0.25) is 5.95 Å². The van der Waals surface area contributed by atoms with Crippen LogP contribution in [0, 0.1) is 15.9 Å². The van der Waals surface area contributed by atoms with E-state index < -0.39 is 16.9 Å². The van der Waals surface area contributed by atoms with Crippen molar-refractivity contribution in [3.8, 4) is 0 Å². The number of carbonyl (C=O) groups excluding carboxylic acids is 1. The molecule has 1 unspecified atom stereocenters. The molecule has 0 aliphatic heterocycles. The number of nitrogens with zero attached hydrogens (tertiary/aromatic N) is 6. The van der Waals surface area contributed by atoms with Crippen LogP contribution in [0.25, 0.3) is 0 Å². The summed E-state index contributed by atoms with van der Waals surface area (Å²) in [5, 5.41) is 21.1. The SMILES string of the molecule is CC(C(=O)Nc1ncn(Cc2ccc(F)cc2)n1)n1cc([N+](=O)[O-])cn1. The number of nitro groups is 1. The number of hydrogen-bond donors (Lipinski definition) is 1. The molecule has 26 heavy (non-hydrogen) atoms. The van der Waals surface area contributed by atoms with Crippen LogP contribution >= 0.6 is 0 Å². The smallest absolute Gasteiger partial charge is 0.291 e. The number of carbonyl (C=O) groups is 1. The molecule has 3 rings (SSSR count). The van der Waals surface area contributed by atoms with Crippen molar-refractivity contribution in [2.75, 3.05) is 5.32 Å². The zero-order valence-electron chi connectivity index (χ0n) is 13.6. The van der Waals surface area contributed by atoms with Gasteiger partial charge in [0.1, 0.15) is 30.6 Å². The summed E-state index contributed by atoms with van der Waals surface area (Å²) in [5.74, 6) is -0.707. The fourth-order valence-electron chi connectivity index (χ4n) is 2.17. The second-order valence-corrected chi connectivity index (χ2v) is 5.49. The van der Waals surface area contributed by atoms with Gasteiger partial charge in [-0.1, -0.05) is 12.1 Å². The average Bonchev–Trinajstić information content (AvgIpc) is 3.26. The number of amides is 1. The zero-order valence-corrected chi connectivity index (χ0v) is 13.6. The zero-order chi connectivity index (χ0) is 18.7. The van der Waals surface area contributed by atoms with Gasteiger partial charge in [0.05, 0.1) is 11.5 Å². The van der Waals surface area contributed by atoms with Crippen LogP contribution in [0.15, 0.2) is 43.0 Å². The van der Waals surface area contributed by atoms with E-state index in [0.29, 0.717) is 6.54 Å². The van der Waals surface area contributed by atoms with Gasteiger partial charge in [0.25, 0.3) is 5.91 Å². The minimum absolute atomic E-state index is 0.0885. The first kappa shape index (κ1) is 17.2. The van der Waals surface area contributed by atoms with E-state index in [2.05, 4.69) is 20.5 Å². The highest BCUT2D eigenvalue weighted by Gasteiger charge is 2.20. The molecule has 0 fully saturated rings. The van der Waals surface area contributed by atoms with E-state index in [9.17, 15) is 19.3 Å². The minimum Gasteiger partial charge on any atom is -0.291 e. The lowest BCUT2D eigenvalue weighted by atomic mass is 10.2.